The highest BCUT2D eigenvalue weighted by atomic mass is 79.9. The minimum absolute atomic E-state index is 0.280. The number of halogens is 1. The molecule has 3 aromatic rings. The van der Waals surface area contributed by atoms with Crippen LogP contribution in [0.2, 0.25) is 0 Å². The molecule has 20 heavy (non-hydrogen) atoms. The number of hydrogen-bond acceptors (Lipinski definition) is 3. The van der Waals surface area contributed by atoms with Crippen LogP contribution >= 0.6 is 27.3 Å². The molecule has 0 bridgehead atoms. The van der Waals surface area contributed by atoms with E-state index in [1.165, 1.54) is 0 Å². The van der Waals surface area contributed by atoms with Gasteiger partial charge < -0.3 is 5.11 Å². The van der Waals surface area contributed by atoms with Crippen molar-refractivity contribution in [3.05, 3.63) is 51.3 Å². The lowest BCUT2D eigenvalue weighted by Crippen LogP contribution is -2.00. The lowest BCUT2D eigenvalue weighted by atomic mass is 10.0. The highest BCUT2D eigenvalue weighted by molar-refractivity contribution is 9.10. The number of aromatic carboxylic acids is 1. The van der Waals surface area contributed by atoms with Crippen molar-refractivity contribution in [3.8, 4) is 10.6 Å². The minimum atomic E-state index is -0.937. The van der Waals surface area contributed by atoms with E-state index in [2.05, 4.69) is 20.9 Å². The predicted molar refractivity (Wildman–Crippen MR) is 84.5 cm³/mol. The van der Waals surface area contributed by atoms with E-state index in [1.54, 1.807) is 17.4 Å². The van der Waals surface area contributed by atoms with Gasteiger partial charge in [-0.25, -0.2) is 9.78 Å². The second kappa shape index (κ2) is 5.00. The highest BCUT2D eigenvalue weighted by Gasteiger charge is 2.15. The molecule has 0 spiro atoms. The average Bonchev–Trinajstić information content (AvgIpc) is 2.91. The summed E-state index contributed by atoms with van der Waals surface area (Å²) in [7, 11) is 0. The molecule has 0 fully saturated rings. The number of aryl methyl sites for hydroxylation is 1. The minimum Gasteiger partial charge on any atom is -0.478 e. The van der Waals surface area contributed by atoms with Gasteiger partial charge >= 0.3 is 5.97 Å². The van der Waals surface area contributed by atoms with Gasteiger partial charge in [-0.3, -0.25) is 0 Å². The zero-order valence-electron chi connectivity index (χ0n) is 10.6. The summed E-state index contributed by atoms with van der Waals surface area (Å²) in [6.45, 7) is 1.93. The molecule has 100 valence electrons. The van der Waals surface area contributed by atoms with Crippen LogP contribution in [0.3, 0.4) is 0 Å². The summed E-state index contributed by atoms with van der Waals surface area (Å²) in [5, 5.41) is 12.1. The molecular weight excluding hydrogens is 338 g/mol. The van der Waals surface area contributed by atoms with Crippen molar-refractivity contribution >= 4 is 44.1 Å². The fraction of sp³-hybridized carbons (Fsp3) is 0.0667. The fourth-order valence-corrected chi connectivity index (χ4v) is 3.50. The fourth-order valence-electron chi connectivity index (χ4n) is 2.15. The van der Waals surface area contributed by atoms with Crippen LogP contribution in [0.1, 0.15) is 15.9 Å². The van der Waals surface area contributed by atoms with E-state index in [1.807, 2.05) is 36.6 Å². The first-order chi connectivity index (χ1) is 9.56. The van der Waals surface area contributed by atoms with Gasteiger partial charge in [-0.2, -0.15) is 0 Å². The van der Waals surface area contributed by atoms with Crippen molar-refractivity contribution in [2.45, 2.75) is 6.92 Å². The molecule has 5 heteroatoms. The van der Waals surface area contributed by atoms with Gasteiger partial charge in [-0.05, 0) is 58.1 Å². The number of hydrogen-bond donors (Lipinski definition) is 1. The first-order valence-corrected chi connectivity index (χ1v) is 7.61. The van der Waals surface area contributed by atoms with E-state index in [0.717, 1.165) is 14.9 Å². The second-order valence-corrected chi connectivity index (χ2v) is 6.28. The summed E-state index contributed by atoms with van der Waals surface area (Å²) in [5.74, 6) is -0.937. The van der Waals surface area contributed by atoms with Gasteiger partial charge in [0.15, 0.2) is 0 Å². The van der Waals surface area contributed by atoms with E-state index >= 15 is 0 Å². The van der Waals surface area contributed by atoms with Crippen LogP contribution in [0, 0.1) is 6.92 Å². The van der Waals surface area contributed by atoms with E-state index in [9.17, 15) is 9.90 Å². The van der Waals surface area contributed by atoms with Crippen LogP contribution in [-0.2, 0) is 0 Å². The largest absolute Gasteiger partial charge is 0.478 e. The normalized spacial score (nSPS) is 10.9. The molecule has 1 N–H and O–H groups in total. The Bertz CT molecular complexity index is 812. The van der Waals surface area contributed by atoms with Crippen molar-refractivity contribution < 1.29 is 9.90 Å². The van der Waals surface area contributed by atoms with E-state index in [-0.39, 0.29) is 5.56 Å². The number of carbonyl (C=O) groups is 1. The second-order valence-electron chi connectivity index (χ2n) is 4.48. The molecule has 0 saturated carbocycles. The maximum atomic E-state index is 11.5. The molecule has 3 rings (SSSR count). The topological polar surface area (TPSA) is 50.2 Å². The Morgan fingerprint density at radius 1 is 1.35 bits per heavy atom. The summed E-state index contributed by atoms with van der Waals surface area (Å²) >= 11 is 5.02. The van der Waals surface area contributed by atoms with Crippen LogP contribution < -0.4 is 0 Å². The summed E-state index contributed by atoms with van der Waals surface area (Å²) in [4.78, 5) is 17.1. The van der Waals surface area contributed by atoms with Crippen molar-refractivity contribution in [2.75, 3.05) is 0 Å². The smallest absolute Gasteiger partial charge is 0.336 e. The highest BCUT2D eigenvalue weighted by Crippen LogP contribution is 2.32. The Morgan fingerprint density at radius 2 is 2.15 bits per heavy atom. The number of fused-ring (bicyclic) bond motifs is 1. The first kappa shape index (κ1) is 13.3. The number of benzene rings is 1. The number of thiophene rings is 1. The standard InChI is InChI=1S/C15H10BrNO2S/c1-8-5-9-10(15(18)19)7-12(13-3-2-4-20-13)17-14(9)11(16)6-8/h2-7H,1H3,(H,18,19). The number of nitrogens with zero attached hydrogens (tertiary/aromatic N) is 1. The van der Waals surface area contributed by atoms with Crippen LogP contribution in [0.15, 0.2) is 40.2 Å². The van der Waals surface area contributed by atoms with Gasteiger partial charge in [0.2, 0.25) is 0 Å². The SMILES string of the molecule is Cc1cc(Br)c2nc(-c3cccs3)cc(C(=O)O)c2c1. The lowest BCUT2D eigenvalue weighted by molar-refractivity contribution is 0.0699. The predicted octanol–water partition coefficient (Wildman–Crippen LogP) is 4.73. The van der Waals surface area contributed by atoms with Gasteiger partial charge in [-0.15, -0.1) is 11.3 Å². The molecule has 0 saturated heterocycles. The molecule has 0 atom stereocenters. The number of rotatable bonds is 2. The van der Waals surface area contributed by atoms with E-state index < -0.39 is 5.97 Å². The summed E-state index contributed by atoms with van der Waals surface area (Å²) in [5.41, 5.74) is 2.65. The lowest BCUT2D eigenvalue weighted by Gasteiger charge is -2.08. The Hall–Kier alpha value is -1.72. The van der Waals surface area contributed by atoms with Crippen molar-refractivity contribution in [2.24, 2.45) is 0 Å². The van der Waals surface area contributed by atoms with Gasteiger partial charge in [0.1, 0.15) is 0 Å². The molecule has 0 amide bonds. The van der Waals surface area contributed by atoms with Crippen molar-refractivity contribution in [1.29, 1.82) is 0 Å². The van der Waals surface area contributed by atoms with Crippen LogP contribution in [0.5, 0.6) is 0 Å². The van der Waals surface area contributed by atoms with E-state index in [4.69, 9.17) is 0 Å². The van der Waals surface area contributed by atoms with E-state index in [0.29, 0.717) is 16.6 Å². The number of aromatic nitrogens is 1. The molecular formula is C15H10BrNO2S. The molecule has 0 radical (unpaired) electrons. The first-order valence-electron chi connectivity index (χ1n) is 5.94. The Kier molecular flexibility index (Phi) is 3.31. The van der Waals surface area contributed by atoms with Gasteiger partial charge in [-0.1, -0.05) is 6.07 Å². The molecule has 3 nitrogen and oxygen atoms in total. The number of carboxylic acids is 1. The summed E-state index contributed by atoms with van der Waals surface area (Å²) in [6, 6.07) is 9.30. The quantitative estimate of drug-likeness (QED) is 0.728. The van der Waals surface area contributed by atoms with Crippen LogP contribution in [0.4, 0.5) is 0 Å². The van der Waals surface area contributed by atoms with Crippen molar-refractivity contribution in [3.63, 3.8) is 0 Å². The molecule has 0 aliphatic carbocycles. The molecule has 0 aliphatic heterocycles. The maximum Gasteiger partial charge on any atom is 0.336 e. The number of carboxylic acid groups (broad SMARTS) is 1. The van der Waals surface area contributed by atoms with Gasteiger partial charge in [0.05, 0.1) is 21.7 Å². The van der Waals surface area contributed by atoms with Gasteiger partial charge in [0.25, 0.3) is 0 Å². The molecule has 1 aromatic carbocycles. The Morgan fingerprint density at radius 3 is 2.80 bits per heavy atom. The van der Waals surface area contributed by atoms with Crippen LogP contribution in [-0.4, -0.2) is 16.1 Å². The average molecular weight is 348 g/mol. The molecule has 2 heterocycles. The molecule has 0 aliphatic rings. The zero-order chi connectivity index (χ0) is 14.3. The molecule has 2 aromatic heterocycles. The molecule has 0 unspecified atom stereocenters. The van der Waals surface area contributed by atoms with Gasteiger partial charge in [0, 0.05) is 9.86 Å². The summed E-state index contributed by atoms with van der Waals surface area (Å²) < 4.78 is 0.813. The third-order valence-corrected chi connectivity index (χ3v) is 4.51. The van der Waals surface area contributed by atoms with Crippen molar-refractivity contribution in [1.82, 2.24) is 4.98 Å². The maximum absolute atomic E-state index is 11.5. The Labute approximate surface area is 128 Å². The summed E-state index contributed by atoms with van der Waals surface area (Å²) in [6.07, 6.45) is 0. The third kappa shape index (κ3) is 2.23. The number of pyridine rings is 1. The van der Waals surface area contributed by atoms with Crippen LogP contribution in [0.25, 0.3) is 21.5 Å². The third-order valence-electron chi connectivity index (χ3n) is 3.02. The zero-order valence-corrected chi connectivity index (χ0v) is 13.0. The monoisotopic (exact) mass is 347 g/mol. The Balaban J connectivity index is 2.40.